The molecule has 0 atom stereocenters. The molecule has 0 fully saturated rings. The highest BCUT2D eigenvalue weighted by molar-refractivity contribution is 5.71. The van der Waals surface area contributed by atoms with Gasteiger partial charge >= 0.3 is 0 Å². The Kier molecular flexibility index (Phi) is 1.33. The maximum atomic E-state index is 11.1. The highest BCUT2D eigenvalue weighted by Crippen LogP contribution is 2.05. The third-order valence-corrected chi connectivity index (χ3v) is 1.69. The van der Waals surface area contributed by atoms with Gasteiger partial charge in [0.2, 0.25) is 6.20 Å². The van der Waals surface area contributed by atoms with Crippen LogP contribution in [0.4, 0.5) is 0 Å². The number of hydrogen-bond acceptors (Lipinski definition) is 2. The van der Waals surface area contributed by atoms with Crippen LogP contribution < -0.4 is 4.43 Å². The molecule has 0 radical (unpaired) electrons. The van der Waals surface area contributed by atoms with Crippen LogP contribution in [0.2, 0.25) is 0 Å². The Morgan fingerprint density at radius 3 is 2.83 bits per heavy atom. The number of benzene rings is 1. The van der Waals surface area contributed by atoms with E-state index in [0.29, 0.717) is 20.2 Å². The molecule has 0 bridgehead atoms. The average Bonchev–Trinajstić information content (AvgIpc) is 2.12. The third-order valence-electron chi connectivity index (χ3n) is 1.69. The van der Waals surface area contributed by atoms with Gasteiger partial charge in [0.1, 0.15) is 5.52 Å². The molecule has 2 aromatic rings. The van der Waals surface area contributed by atoms with E-state index in [4.69, 9.17) is 0 Å². The second-order valence-electron chi connectivity index (χ2n) is 2.44. The van der Waals surface area contributed by atoms with Gasteiger partial charge in [-0.3, -0.25) is 0 Å². The number of aromatic nitrogens is 2. The Hall–Kier alpha value is -1.84. The molecule has 0 unspecified atom stereocenters. The lowest BCUT2D eigenvalue weighted by Gasteiger charge is -2.08. The minimum atomic E-state index is 0.384. The van der Waals surface area contributed by atoms with Crippen LogP contribution in [0.3, 0.4) is 0 Å². The van der Waals surface area contributed by atoms with Crippen molar-refractivity contribution >= 4 is 11.0 Å². The molecular formula is C8H6N2O2. The summed E-state index contributed by atoms with van der Waals surface area (Å²) >= 11 is 0. The van der Waals surface area contributed by atoms with Gasteiger partial charge in [0.05, 0.1) is 10.6 Å². The molecule has 0 aliphatic rings. The van der Waals surface area contributed by atoms with Crippen LogP contribution in [0, 0.1) is 10.1 Å². The Morgan fingerprint density at radius 2 is 2.08 bits per heavy atom. The molecule has 0 aliphatic heterocycles. The van der Waals surface area contributed by atoms with Crippen molar-refractivity contribution in [2.75, 3.05) is 0 Å². The Labute approximate surface area is 67.9 Å². The molecule has 2 rings (SSSR count). The zero-order chi connectivity index (χ0) is 8.55. The minimum Gasteiger partial charge on any atom is -0.805 e. The molecule has 0 amide bonds. The van der Waals surface area contributed by atoms with Crippen molar-refractivity contribution < 1.29 is 4.43 Å². The quantitative estimate of drug-likeness (QED) is 0.431. The van der Waals surface area contributed by atoms with E-state index in [1.54, 1.807) is 24.3 Å². The van der Waals surface area contributed by atoms with Gasteiger partial charge in [-0.05, 0) is 6.07 Å². The van der Waals surface area contributed by atoms with E-state index in [1.165, 1.54) is 12.4 Å². The van der Waals surface area contributed by atoms with Crippen molar-refractivity contribution in [3.8, 4) is 0 Å². The normalized spacial score (nSPS) is 10.3. The average molecular weight is 166 g/mol. The van der Waals surface area contributed by atoms with Gasteiger partial charge in [0, 0.05) is 11.0 Å². The van der Waals surface area contributed by atoms with Crippen molar-refractivity contribution in [1.82, 2.24) is 4.73 Å². The highest BCUT2D eigenvalue weighted by Gasteiger charge is 2.03. The standard InChI is InChI=1S/C8H6N2O2/c11-9-5-6-10(12)8-4-2-1-3-7(8)9/h1-6H/i11+2,12+2. The first-order valence-electron chi connectivity index (χ1n) is 3.49. The number of fused-ring (bicyclic) bond motifs is 1. The maximum absolute atomic E-state index is 11.1. The molecular weight excluding hydrogens is 160 g/mol. The van der Waals surface area contributed by atoms with E-state index < -0.39 is 0 Å². The molecule has 12 heavy (non-hydrogen) atoms. The smallest absolute Gasteiger partial charge is 0.285 e. The SMILES string of the molecule is [18O]=[n+]1ccn([18O-])c2ccccc21. The van der Waals surface area contributed by atoms with Crippen molar-refractivity contribution in [3.63, 3.8) is 0 Å². The molecule has 0 N–H and O–H groups in total. The van der Waals surface area contributed by atoms with Crippen LogP contribution in [0.1, 0.15) is 0 Å². The summed E-state index contributed by atoms with van der Waals surface area (Å²) in [4.78, 5) is 11.1. The molecule has 1 aromatic carbocycles. The fourth-order valence-electron chi connectivity index (χ4n) is 1.12. The third kappa shape index (κ3) is 0.852. The summed E-state index contributed by atoms with van der Waals surface area (Å²) in [6, 6.07) is 6.65. The lowest BCUT2D eigenvalue weighted by Crippen LogP contribution is -2.15. The summed E-state index contributed by atoms with van der Waals surface area (Å²) in [6.07, 6.45) is 2.38. The van der Waals surface area contributed by atoms with Crippen molar-refractivity contribution in [2.45, 2.75) is 0 Å². The van der Waals surface area contributed by atoms with Crippen LogP contribution in [0.25, 0.3) is 11.0 Å². The van der Waals surface area contributed by atoms with Gasteiger partial charge in [-0.15, -0.1) is 0 Å². The lowest BCUT2D eigenvalue weighted by atomic mass is 10.3. The fraction of sp³-hybridized carbons (Fsp3) is 0. The zero-order valence-corrected chi connectivity index (χ0v) is 6.18. The molecule has 0 saturated carbocycles. The van der Waals surface area contributed by atoms with Crippen LogP contribution in [0.15, 0.2) is 36.7 Å². The highest BCUT2D eigenvalue weighted by atomic mass is 18.2. The zero-order valence-electron chi connectivity index (χ0n) is 6.18. The van der Waals surface area contributed by atoms with Gasteiger partial charge in [-0.2, -0.15) is 0 Å². The molecule has 60 valence electrons. The summed E-state index contributed by atoms with van der Waals surface area (Å²) in [5, 5.41) is 11.1. The van der Waals surface area contributed by atoms with Crippen molar-refractivity contribution in [3.05, 3.63) is 46.8 Å². The maximum Gasteiger partial charge on any atom is 0.285 e. The predicted molar refractivity (Wildman–Crippen MR) is 44.1 cm³/mol. The van der Waals surface area contributed by atoms with Gasteiger partial charge < -0.3 is 9.94 Å². The van der Waals surface area contributed by atoms with Gasteiger partial charge in [-0.1, -0.05) is 12.1 Å². The molecule has 1 heterocycles. The van der Waals surface area contributed by atoms with E-state index in [2.05, 4.69) is 0 Å². The van der Waals surface area contributed by atoms with Crippen molar-refractivity contribution in [2.24, 2.45) is 0 Å². The Bertz CT molecular complexity index is 476. The second kappa shape index (κ2) is 2.34. The van der Waals surface area contributed by atoms with Crippen LogP contribution in [-0.4, -0.2) is 4.73 Å². The summed E-state index contributed by atoms with van der Waals surface area (Å²) in [7, 11) is 0. The molecule has 4 nitrogen and oxygen atoms in total. The first-order chi connectivity index (χ1) is 5.79. The number of nitrogens with zero attached hydrogens (tertiary/aromatic N) is 2. The van der Waals surface area contributed by atoms with E-state index in [1.807, 2.05) is 0 Å². The number of para-hydroxylation sites is 2. The van der Waals surface area contributed by atoms with Gasteiger partial charge in [0.25, 0.3) is 5.52 Å². The van der Waals surface area contributed by atoms with Crippen LogP contribution in [0.5, 0.6) is 0 Å². The summed E-state index contributed by atoms with van der Waals surface area (Å²) in [5.74, 6) is 0. The van der Waals surface area contributed by atoms with Gasteiger partial charge in [-0.25, -0.2) is 0 Å². The topological polar surface area (TPSA) is 51.0 Å². The van der Waals surface area contributed by atoms with E-state index in [9.17, 15) is 10.1 Å². The summed E-state index contributed by atoms with van der Waals surface area (Å²) < 4.78 is 1.34. The van der Waals surface area contributed by atoms with E-state index in [0.717, 1.165) is 0 Å². The molecule has 4 heteroatoms. The molecule has 0 saturated heterocycles. The van der Waals surface area contributed by atoms with E-state index >= 15 is 0 Å². The molecule has 0 aliphatic carbocycles. The second-order valence-corrected chi connectivity index (χ2v) is 2.44. The first-order valence-corrected chi connectivity index (χ1v) is 3.49. The first kappa shape index (κ1) is 6.84. The molecule has 0 spiro atoms. The fourth-order valence-corrected chi connectivity index (χ4v) is 1.12. The van der Waals surface area contributed by atoms with E-state index in [-0.39, 0.29) is 0 Å². The summed E-state index contributed by atoms with van der Waals surface area (Å²) in [5.41, 5.74) is 0.769. The minimum absolute atomic E-state index is 0.384. The number of rotatable bonds is 0. The van der Waals surface area contributed by atoms with Crippen LogP contribution in [-0.2, 0) is 0 Å². The number of hydrogen-bond donors (Lipinski definition) is 0. The summed E-state index contributed by atoms with van der Waals surface area (Å²) in [6.45, 7) is 0. The monoisotopic (exact) mass is 166 g/mol. The van der Waals surface area contributed by atoms with Crippen molar-refractivity contribution in [1.29, 1.82) is 0 Å². The predicted octanol–water partition coefficient (Wildman–Crippen LogP) is 0.902. The Morgan fingerprint density at radius 1 is 1.33 bits per heavy atom. The molecule has 1 aromatic heterocycles. The van der Waals surface area contributed by atoms with Crippen LogP contribution >= 0.6 is 0 Å². The largest absolute Gasteiger partial charge is 0.805 e. The lowest BCUT2D eigenvalue weighted by molar-refractivity contribution is -0.464. The Balaban J connectivity index is 3.05. The van der Waals surface area contributed by atoms with Gasteiger partial charge in [0.15, 0.2) is 0 Å².